The summed E-state index contributed by atoms with van der Waals surface area (Å²) in [6.07, 6.45) is -0.648. The molecule has 2 aromatic rings. The monoisotopic (exact) mass is 299 g/mol. The molecule has 0 fully saturated rings. The fourth-order valence-electron chi connectivity index (χ4n) is 2.62. The molecule has 0 saturated carbocycles. The van der Waals surface area contributed by atoms with E-state index in [0.29, 0.717) is 16.8 Å². The lowest BCUT2D eigenvalue weighted by atomic mass is 10.0. The Morgan fingerprint density at radius 2 is 2.00 bits per heavy atom. The van der Waals surface area contributed by atoms with E-state index >= 15 is 0 Å². The largest absolute Gasteiger partial charge is 0.368 e. The summed E-state index contributed by atoms with van der Waals surface area (Å²) in [4.78, 5) is 25.3. The highest BCUT2D eigenvalue weighted by Gasteiger charge is 2.32. The van der Waals surface area contributed by atoms with Crippen molar-refractivity contribution in [1.29, 1.82) is 0 Å². The van der Waals surface area contributed by atoms with Gasteiger partial charge in [-0.3, -0.25) is 9.59 Å². The Labute approximate surface area is 126 Å². The molecule has 5 nitrogen and oxygen atoms in total. The first kappa shape index (κ1) is 14.1. The SMILES string of the molecule is NC(=O)CN1c2ccccc2C(=O)N[C@@H]1c1cccc(F)c1. The maximum atomic E-state index is 13.5. The van der Waals surface area contributed by atoms with Gasteiger partial charge in [0.2, 0.25) is 5.91 Å². The van der Waals surface area contributed by atoms with Crippen LogP contribution < -0.4 is 16.0 Å². The first-order valence-electron chi connectivity index (χ1n) is 6.76. The standard InChI is InChI=1S/C16H14FN3O2/c17-11-5-3-4-10(8-11)15-19-16(22)12-6-1-2-7-13(12)20(15)9-14(18)21/h1-8,15H,9H2,(H2,18,21)(H,19,22)/t15-/m0/s1. The maximum absolute atomic E-state index is 13.5. The number of hydrogen-bond donors (Lipinski definition) is 2. The lowest BCUT2D eigenvalue weighted by molar-refractivity contribution is -0.116. The van der Waals surface area contributed by atoms with Crippen LogP contribution in [0.3, 0.4) is 0 Å². The summed E-state index contributed by atoms with van der Waals surface area (Å²) in [6.45, 7) is -0.0848. The van der Waals surface area contributed by atoms with Crippen molar-refractivity contribution < 1.29 is 14.0 Å². The second kappa shape index (κ2) is 5.48. The molecule has 0 bridgehead atoms. The molecule has 0 unspecified atom stereocenters. The van der Waals surface area contributed by atoms with Crippen molar-refractivity contribution >= 4 is 17.5 Å². The summed E-state index contributed by atoms with van der Waals surface area (Å²) in [5.41, 5.74) is 6.91. The number of primary amides is 1. The van der Waals surface area contributed by atoms with Crippen LogP contribution in [0.2, 0.25) is 0 Å². The lowest BCUT2D eigenvalue weighted by Crippen LogP contribution is -2.49. The highest BCUT2D eigenvalue weighted by Crippen LogP contribution is 2.32. The first-order valence-corrected chi connectivity index (χ1v) is 6.76. The van der Waals surface area contributed by atoms with Crippen molar-refractivity contribution in [2.45, 2.75) is 6.17 Å². The quantitative estimate of drug-likeness (QED) is 0.903. The van der Waals surface area contributed by atoms with Crippen LogP contribution in [-0.4, -0.2) is 18.4 Å². The summed E-state index contributed by atoms with van der Waals surface area (Å²) in [5, 5.41) is 2.78. The zero-order valence-corrected chi connectivity index (χ0v) is 11.6. The molecule has 1 atom stereocenters. The van der Waals surface area contributed by atoms with Crippen molar-refractivity contribution in [2.75, 3.05) is 11.4 Å². The van der Waals surface area contributed by atoms with Crippen LogP contribution in [0, 0.1) is 5.82 Å². The minimum absolute atomic E-state index is 0.0848. The van der Waals surface area contributed by atoms with Gasteiger partial charge in [0, 0.05) is 0 Å². The van der Waals surface area contributed by atoms with Gasteiger partial charge in [0.05, 0.1) is 17.8 Å². The van der Waals surface area contributed by atoms with Crippen molar-refractivity contribution in [3.8, 4) is 0 Å². The summed E-state index contributed by atoms with van der Waals surface area (Å²) >= 11 is 0. The van der Waals surface area contributed by atoms with Crippen LogP contribution in [0.1, 0.15) is 22.1 Å². The number of hydrogen-bond acceptors (Lipinski definition) is 3. The minimum Gasteiger partial charge on any atom is -0.368 e. The van der Waals surface area contributed by atoms with Gasteiger partial charge in [-0.2, -0.15) is 0 Å². The van der Waals surface area contributed by atoms with E-state index in [9.17, 15) is 14.0 Å². The predicted octanol–water partition coefficient (Wildman–Crippen LogP) is 1.56. The van der Waals surface area contributed by atoms with E-state index in [4.69, 9.17) is 5.73 Å². The van der Waals surface area contributed by atoms with Crippen LogP contribution in [-0.2, 0) is 4.79 Å². The Morgan fingerprint density at radius 1 is 1.23 bits per heavy atom. The Bertz CT molecular complexity index is 748. The number of nitrogens with zero attached hydrogens (tertiary/aromatic N) is 1. The highest BCUT2D eigenvalue weighted by atomic mass is 19.1. The van der Waals surface area contributed by atoms with Crippen LogP contribution in [0.4, 0.5) is 10.1 Å². The van der Waals surface area contributed by atoms with E-state index in [-0.39, 0.29) is 12.5 Å². The number of amides is 2. The number of fused-ring (bicyclic) bond motifs is 1. The molecule has 1 aliphatic heterocycles. The Kier molecular flexibility index (Phi) is 3.50. The average Bonchev–Trinajstić information content (AvgIpc) is 2.49. The number of para-hydroxylation sites is 1. The van der Waals surface area contributed by atoms with Crippen molar-refractivity contribution in [3.63, 3.8) is 0 Å². The number of carbonyl (C=O) groups is 2. The maximum Gasteiger partial charge on any atom is 0.255 e. The van der Waals surface area contributed by atoms with Gasteiger partial charge in [0.15, 0.2) is 0 Å². The molecule has 1 aliphatic rings. The normalized spacial score (nSPS) is 16.9. The van der Waals surface area contributed by atoms with Crippen molar-refractivity contribution in [2.24, 2.45) is 5.73 Å². The molecule has 0 aliphatic carbocycles. The molecule has 2 aromatic carbocycles. The average molecular weight is 299 g/mol. The Hall–Kier alpha value is -2.89. The zero-order chi connectivity index (χ0) is 15.7. The van der Waals surface area contributed by atoms with E-state index < -0.39 is 17.9 Å². The molecular weight excluding hydrogens is 285 g/mol. The number of nitrogens with two attached hydrogens (primary N) is 1. The van der Waals surface area contributed by atoms with E-state index in [0.717, 1.165) is 0 Å². The first-order chi connectivity index (χ1) is 10.6. The molecular formula is C16H14FN3O2. The van der Waals surface area contributed by atoms with Crippen molar-refractivity contribution in [3.05, 3.63) is 65.5 Å². The summed E-state index contributed by atoms with van der Waals surface area (Å²) in [6, 6.07) is 12.8. The van der Waals surface area contributed by atoms with Gasteiger partial charge in [0.1, 0.15) is 12.0 Å². The van der Waals surface area contributed by atoms with Gasteiger partial charge in [-0.15, -0.1) is 0 Å². The smallest absolute Gasteiger partial charge is 0.255 e. The third-order valence-electron chi connectivity index (χ3n) is 3.53. The molecule has 2 amide bonds. The van der Waals surface area contributed by atoms with Gasteiger partial charge in [-0.1, -0.05) is 24.3 Å². The second-order valence-corrected chi connectivity index (χ2v) is 5.04. The molecule has 0 aromatic heterocycles. The predicted molar refractivity (Wildman–Crippen MR) is 79.6 cm³/mol. The fraction of sp³-hybridized carbons (Fsp3) is 0.125. The Balaban J connectivity index is 2.09. The topological polar surface area (TPSA) is 75.4 Å². The number of halogens is 1. The second-order valence-electron chi connectivity index (χ2n) is 5.04. The van der Waals surface area contributed by atoms with Gasteiger partial charge < -0.3 is 16.0 Å². The minimum atomic E-state index is -0.648. The molecule has 112 valence electrons. The molecule has 3 N–H and O–H groups in total. The van der Waals surface area contributed by atoms with Gasteiger partial charge in [-0.05, 0) is 29.8 Å². The molecule has 3 rings (SSSR count). The van der Waals surface area contributed by atoms with Gasteiger partial charge in [0.25, 0.3) is 5.91 Å². The van der Waals surface area contributed by atoms with E-state index in [2.05, 4.69) is 5.32 Å². The van der Waals surface area contributed by atoms with Crippen molar-refractivity contribution in [1.82, 2.24) is 5.32 Å². The Morgan fingerprint density at radius 3 is 2.73 bits per heavy atom. The molecule has 6 heteroatoms. The molecule has 0 radical (unpaired) electrons. The molecule has 1 heterocycles. The number of nitrogens with one attached hydrogen (secondary N) is 1. The number of benzene rings is 2. The molecule has 0 spiro atoms. The van der Waals surface area contributed by atoms with Crippen LogP contribution >= 0.6 is 0 Å². The summed E-state index contributed by atoms with van der Waals surface area (Å²) in [7, 11) is 0. The van der Waals surface area contributed by atoms with Crippen LogP contribution in [0.5, 0.6) is 0 Å². The summed E-state index contributed by atoms with van der Waals surface area (Å²) in [5.74, 6) is -1.22. The van der Waals surface area contributed by atoms with E-state index in [1.807, 2.05) is 0 Å². The zero-order valence-electron chi connectivity index (χ0n) is 11.6. The third kappa shape index (κ3) is 2.50. The number of anilines is 1. The molecule has 22 heavy (non-hydrogen) atoms. The van der Waals surface area contributed by atoms with Gasteiger partial charge in [-0.25, -0.2) is 4.39 Å². The highest BCUT2D eigenvalue weighted by molar-refractivity contribution is 6.02. The number of rotatable bonds is 3. The number of carbonyl (C=O) groups excluding carboxylic acids is 2. The molecule has 0 saturated heterocycles. The van der Waals surface area contributed by atoms with Gasteiger partial charge >= 0.3 is 0 Å². The van der Waals surface area contributed by atoms with Crippen LogP contribution in [0.15, 0.2) is 48.5 Å². The van der Waals surface area contributed by atoms with E-state index in [1.165, 1.54) is 12.1 Å². The lowest BCUT2D eigenvalue weighted by Gasteiger charge is -2.38. The summed E-state index contributed by atoms with van der Waals surface area (Å²) < 4.78 is 13.5. The third-order valence-corrected chi connectivity index (χ3v) is 3.53. The fourth-order valence-corrected chi connectivity index (χ4v) is 2.62. The van der Waals surface area contributed by atoms with E-state index in [1.54, 1.807) is 41.3 Å². The van der Waals surface area contributed by atoms with Crippen LogP contribution in [0.25, 0.3) is 0 Å².